The Morgan fingerprint density at radius 3 is 2.81 bits per heavy atom. The monoisotopic (exact) mass is 387 g/mol. The van der Waals surface area contributed by atoms with E-state index in [0.717, 1.165) is 11.8 Å². The quantitative estimate of drug-likeness (QED) is 0.307. The molecule has 4 aromatic rings. The summed E-state index contributed by atoms with van der Waals surface area (Å²) >= 11 is 7.55. The van der Waals surface area contributed by atoms with E-state index in [1.165, 1.54) is 23.5 Å². The van der Waals surface area contributed by atoms with Crippen molar-refractivity contribution in [1.82, 2.24) is 4.98 Å². The Kier molecular flexibility index (Phi) is 4.48. The molecule has 0 saturated heterocycles. The van der Waals surface area contributed by atoms with Gasteiger partial charge in [-0.15, -0.1) is 11.3 Å². The average Bonchev–Trinajstić information content (AvgIpc) is 2.63. The standard InChI is InChI=1S/C19H15ClFN3OS/c20-13-9-10(21)8-12-16(25)15-11-4-1-2-5-14(11)24-19(23-7-3-6-22)18(15)26-17(12)13/h1-2,4-5,8-9H,3,6-7,22H2,(H,23,24). The number of hydrogen-bond acceptors (Lipinski definition) is 5. The molecule has 0 aliphatic rings. The average molecular weight is 388 g/mol. The molecule has 0 radical (unpaired) electrons. The highest BCUT2D eigenvalue weighted by Gasteiger charge is 2.16. The summed E-state index contributed by atoms with van der Waals surface area (Å²) < 4.78 is 15.1. The number of pyridine rings is 1. The van der Waals surface area contributed by atoms with Gasteiger partial charge >= 0.3 is 0 Å². The maximum Gasteiger partial charge on any atom is 0.196 e. The second-order valence-corrected chi connectivity index (χ2v) is 7.37. The molecule has 3 N–H and O–H groups in total. The number of nitrogens with one attached hydrogen (secondary N) is 1. The minimum Gasteiger partial charge on any atom is -0.369 e. The molecule has 0 saturated carbocycles. The van der Waals surface area contributed by atoms with Crippen molar-refractivity contribution in [1.29, 1.82) is 0 Å². The second kappa shape index (κ2) is 6.79. The minimum absolute atomic E-state index is 0.227. The highest BCUT2D eigenvalue weighted by atomic mass is 35.5. The molecule has 4 rings (SSSR count). The molecule has 132 valence electrons. The third kappa shape index (κ3) is 2.80. The van der Waals surface area contributed by atoms with Crippen LogP contribution in [0.1, 0.15) is 6.42 Å². The largest absolute Gasteiger partial charge is 0.369 e. The van der Waals surface area contributed by atoms with Gasteiger partial charge in [-0.25, -0.2) is 9.37 Å². The summed E-state index contributed by atoms with van der Waals surface area (Å²) in [6.45, 7) is 1.20. The van der Waals surface area contributed by atoms with Gasteiger partial charge in [0.15, 0.2) is 5.43 Å². The van der Waals surface area contributed by atoms with Gasteiger partial charge in [0.2, 0.25) is 0 Å². The predicted molar refractivity (Wildman–Crippen MR) is 108 cm³/mol. The summed E-state index contributed by atoms with van der Waals surface area (Å²) in [6.07, 6.45) is 0.782. The molecule has 4 nitrogen and oxygen atoms in total. The van der Waals surface area contributed by atoms with E-state index in [9.17, 15) is 9.18 Å². The number of nitrogens with two attached hydrogens (primary N) is 1. The van der Waals surface area contributed by atoms with Crippen molar-refractivity contribution >= 4 is 59.8 Å². The molecule has 0 amide bonds. The van der Waals surface area contributed by atoms with E-state index in [1.807, 2.05) is 24.3 Å². The first kappa shape index (κ1) is 17.1. The molecule has 0 unspecified atom stereocenters. The van der Waals surface area contributed by atoms with Crippen molar-refractivity contribution in [3.05, 3.63) is 57.5 Å². The number of benzene rings is 2. The molecule has 0 bridgehead atoms. The lowest BCUT2D eigenvalue weighted by molar-refractivity contribution is 0.630. The van der Waals surface area contributed by atoms with E-state index in [1.54, 1.807) is 0 Å². The first-order chi connectivity index (χ1) is 12.6. The number of anilines is 1. The molecular formula is C19H15ClFN3OS. The van der Waals surface area contributed by atoms with Crippen LogP contribution in [0, 0.1) is 5.82 Å². The topological polar surface area (TPSA) is 68.0 Å². The highest BCUT2D eigenvalue weighted by Crippen LogP contribution is 2.36. The van der Waals surface area contributed by atoms with Crippen LogP contribution in [-0.4, -0.2) is 18.1 Å². The number of nitrogens with zero attached hydrogens (tertiary/aromatic N) is 1. The zero-order valence-corrected chi connectivity index (χ0v) is 15.3. The number of hydrogen-bond donors (Lipinski definition) is 2. The molecule has 0 atom stereocenters. The first-order valence-electron chi connectivity index (χ1n) is 8.18. The van der Waals surface area contributed by atoms with Gasteiger partial charge in [-0.1, -0.05) is 29.8 Å². The van der Waals surface area contributed by atoms with Crippen molar-refractivity contribution in [3.63, 3.8) is 0 Å². The van der Waals surface area contributed by atoms with Gasteiger partial charge in [0, 0.05) is 17.3 Å². The third-order valence-electron chi connectivity index (χ3n) is 4.21. The van der Waals surface area contributed by atoms with Crippen molar-refractivity contribution in [3.8, 4) is 0 Å². The van der Waals surface area contributed by atoms with Crippen LogP contribution in [0.4, 0.5) is 10.2 Å². The SMILES string of the molecule is NCCCNc1nc2ccccc2c2c(=O)c3cc(F)cc(Cl)c3sc12. The molecule has 7 heteroatoms. The van der Waals surface area contributed by atoms with E-state index in [4.69, 9.17) is 17.3 Å². The maximum absolute atomic E-state index is 13.8. The van der Waals surface area contributed by atoms with E-state index in [2.05, 4.69) is 10.3 Å². The molecule has 2 aromatic heterocycles. The van der Waals surface area contributed by atoms with Gasteiger partial charge < -0.3 is 11.1 Å². The fourth-order valence-corrected chi connectivity index (χ4v) is 4.48. The Balaban J connectivity index is 2.15. The molecule has 26 heavy (non-hydrogen) atoms. The third-order valence-corrected chi connectivity index (χ3v) is 5.86. The zero-order chi connectivity index (χ0) is 18.3. The smallest absolute Gasteiger partial charge is 0.196 e. The van der Waals surface area contributed by atoms with Crippen molar-refractivity contribution in [2.75, 3.05) is 18.4 Å². The minimum atomic E-state index is -0.522. The van der Waals surface area contributed by atoms with Crippen LogP contribution in [0.3, 0.4) is 0 Å². The van der Waals surface area contributed by atoms with E-state index >= 15 is 0 Å². The van der Waals surface area contributed by atoms with Crippen LogP contribution >= 0.6 is 22.9 Å². The molecule has 2 heterocycles. The molecule has 0 spiro atoms. The van der Waals surface area contributed by atoms with Gasteiger partial charge in [0.05, 0.1) is 25.3 Å². The molecule has 0 aliphatic heterocycles. The first-order valence-corrected chi connectivity index (χ1v) is 9.38. The lowest BCUT2D eigenvalue weighted by Gasteiger charge is -2.12. The molecular weight excluding hydrogens is 373 g/mol. The van der Waals surface area contributed by atoms with Crippen LogP contribution in [0.5, 0.6) is 0 Å². The fourth-order valence-electron chi connectivity index (χ4n) is 3.02. The Hall–Kier alpha value is -2.28. The summed E-state index contributed by atoms with van der Waals surface area (Å²) in [7, 11) is 0. The second-order valence-electron chi connectivity index (χ2n) is 5.95. The number of halogens is 2. The molecule has 2 aromatic carbocycles. The number of rotatable bonds is 4. The molecule has 0 aliphatic carbocycles. The summed E-state index contributed by atoms with van der Waals surface area (Å²) in [5.41, 5.74) is 6.04. The van der Waals surface area contributed by atoms with E-state index in [-0.39, 0.29) is 15.8 Å². The van der Waals surface area contributed by atoms with Gasteiger partial charge in [0.1, 0.15) is 11.6 Å². The van der Waals surface area contributed by atoms with Gasteiger partial charge in [-0.2, -0.15) is 0 Å². The van der Waals surface area contributed by atoms with Crippen molar-refractivity contribution in [2.24, 2.45) is 5.73 Å². The number of para-hydroxylation sites is 1. The lowest BCUT2D eigenvalue weighted by Crippen LogP contribution is -2.11. The summed E-state index contributed by atoms with van der Waals surface area (Å²) in [6, 6.07) is 9.91. The van der Waals surface area contributed by atoms with Gasteiger partial charge in [-0.3, -0.25) is 4.79 Å². The highest BCUT2D eigenvalue weighted by molar-refractivity contribution is 7.25. The van der Waals surface area contributed by atoms with Crippen LogP contribution in [-0.2, 0) is 0 Å². The van der Waals surface area contributed by atoms with Crippen LogP contribution < -0.4 is 16.5 Å². The van der Waals surface area contributed by atoms with Crippen molar-refractivity contribution in [2.45, 2.75) is 6.42 Å². The van der Waals surface area contributed by atoms with E-state index in [0.29, 0.717) is 39.2 Å². The Morgan fingerprint density at radius 1 is 1.19 bits per heavy atom. The summed E-state index contributed by atoms with van der Waals surface area (Å²) in [4.78, 5) is 17.9. The Labute approximate surface area is 157 Å². The lowest BCUT2D eigenvalue weighted by atomic mass is 10.1. The predicted octanol–water partition coefficient (Wildman–Crippen LogP) is 4.52. The Morgan fingerprint density at radius 2 is 2.00 bits per heavy atom. The van der Waals surface area contributed by atoms with Crippen molar-refractivity contribution < 1.29 is 4.39 Å². The Bertz CT molecular complexity index is 1210. The summed E-state index contributed by atoms with van der Waals surface area (Å²) in [5.74, 6) is 0.0994. The van der Waals surface area contributed by atoms with Crippen LogP contribution in [0.2, 0.25) is 5.02 Å². The zero-order valence-electron chi connectivity index (χ0n) is 13.7. The normalized spacial score (nSPS) is 11.5. The maximum atomic E-state index is 13.8. The van der Waals surface area contributed by atoms with Crippen LogP contribution in [0.25, 0.3) is 31.1 Å². The van der Waals surface area contributed by atoms with Gasteiger partial charge in [0.25, 0.3) is 0 Å². The van der Waals surface area contributed by atoms with Gasteiger partial charge in [-0.05, 0) is 31.2 Å². The summed E-state index contributed by atoms with van der Waals surface area (Å²) in [5, 5.41) is 5.06. The fraction of sp³-hybridized carbons (Fsp3) is 0.158. The number of aromatic nitrogens is 1. The molecule has 0 fully saturated rings. The van der Waals surface area contributed by atoms with Crippen LogP contribution in [0.15, 0.2) is 41.2 Å². The number of fused-ring (bicyclic) bond motifs is 4. The van der Waals surface area contributed by atoms with E-state index < -0.39 is 5.82 Å².